The Bertz CT molecular complexity index is 414. The number of aliphatic hydroxyl groups is 1. The summed E-state index contributed by atoms with van der Waals surface area (Å²) < 4.78 is 0. The maximum atomic E-state index is 12.3. The Morgan fingerprint density at radius 1 is 1.26 bits per heavy atom. The summed E-state index contributed by atoms with van der Waals surface area (Å²) in [7, 11) is 0. The zero-order chi connectivity index (χ0) is 13.7. The first-order valence-corrected chi connectivity index (χ1v) is 6.89. The van der Waals surface area contributed by atoms with Crippen molar-refractivity contribution >= 4 is 5.91 Å². The van der Waals surface area contributed by atoms with E-state index in [2.05, 4.69) is 0 Å². The normalized spacial score (nSPS) is 19.4. The summed E-state index contributed by atoms with van der Waals surface area (Å²) in [6.45, 7) is 0.926. The summed E-state index contributed by atoms with van der Waals surface area (Å²) in [6.07, 6.45) is 4.20. The number of nitrogens with zero attached hydrogens (tertiary/aromatic N) is 1. The number of aliphatic hydroxyl groups excluding tert-OH is 1. The third-order valence-electron chi connectivity index (χ3n) is 3.70. The van der Waals surface area contributed by atoms with Crippen molar-refractivity contribution in [3.8, 4) is 5.75 Å². The number of amides is 1. The molecule has 1 aromatic rings. The Morgan fingerprint density at radius 2 is 2.00 bits per heavy atom. The Hall–Kier alpha value is -1.55. The molecule has 1 fully saturated rings. The number of likely N-dealkylation sites (tertiary alicyclic amines) is 1. The lowest BCUT2D eigenvalue weighted by molar-refractivity contribution is -0.134. The van der Waals surface area contributed by atoms with Crippen molar-refractivity contribution in [3.63, 3.8) is 0 Å². The minimum Gasteiger partial charge on any atom is -0.508 e. The molecule has 19 heavy (non-hydrogen) atoms. The van der Waals surface area contributed by atoms with Gasteiger partial charge in [0.25, 0.3) is 0 Å². The van der Waals surface area contributed by atoms with E-state index in [-0.39, 0.29) is 24.3 Å². The van der Waals surface area contributed by atoms with Gasteiger partial charge in [-0.2, -0.15) is 0 Å². The van der Waals surface area contributed by atoms with Crippen LogP contribution in [0.5, 0.6) is 5.75 Å². The molecule has 4 heteroatoms. The molecule has 0 bridgehead atoms. The van der Waals surface area contributed by atoms with Gasteiger partial charge in [-0.3, -0.25) is 4.79 Å². The van der Waals surface area contributed by atoms with E-state index in [0.717, 1.165) is 31.4 Å². The van der Waals surface area contributed by atoms with Crippen molar-refractivity contribution in [2.24, 2.45) is 0 Å². The first-order valence-electron chi connectivity index (χ1n) is 6.89. The predicted octanol–water partition coefficient (Wildman–Crippen LogP) is 1.70. The Morgan fingerprint density at radius 3 is 2.68 bits per heavy atom. The fourth-order valence-electron chi connectivity index (χ4n) is 2.67. The highest BCUT2D eigenvalue weighted by molar-refractivity contribution is 5.79. The van der Waals surface area contributed by atoms with Crippen LogP contribution in [-0.2, 0) is 11.2 Å². The van der Waals surface area contributed by atoms with Crippen molar-refractivity contribution in [1.82, 2.24) is 4.90 Å². The van der Waals surface area contributed by atoms with Crippen LogP contribution in [-0.4, -0.2) is 40.2 Å². The molecule has 0 saturated carbocycles. The van der Waals surface area contributed by atoms with E-state index < -0.39 is 0 Å². The number of hydrogen-bond donors (Lipinski definition) is 2. The molecule has 0 aliphatic carbocycles. The van der Waals surface area contributed by atoms with E-state index in [9.17, 15) is 9.90 Å². The number of carbonyl (C=O) groups is 1. The van der Waals surface area contributed by atoms with Crippen LogP contribution >= 0.6 is 0 Å². The molecule has 1 heterocycles. The van der Waals surface area contributed by atoms with Gasteiger partial charge in [-0.15, -0.1) is 0 Å². The number of phenols is 1. The Balaban J connectivity index is 1.99. The number of benzene rings is 1. The van der Waals surface area contributed by atoms with Crippen LogP contribution in [0.2, 0.25) is 0 Å². The van der Waals surface area contributed by atoms with Gasteiger partial charge in [-0.25, -0.2) is 0 Å². The van der Waals surface area contributed by atoms with Gasteiger partial charge < -0.3 is 15.1 Å². The average molecular weight is 263 g/mol. The second kappa shape index (κ2) is 6.57. The fourth-order valence-corrected chi connectivity index (χ4v) is 2.67. The fraction of sp³-hybridized carbons (Fsp3) is 0.533. The summed E-state index contributed by atoms with van der Waals surface area (Å²) in [6, 6.07) is 6.94. The molecule has 1 amide bonds. The lowest BCUT2D eigenvalue weighted by atomic mass is 9.98. The van der Waals surface area contributed by atoms with Crippen molar-refractivity contribution in [3.05, 3.63) is 29.8 Å². The van der Waals surface area contributed by atoms with E-state index in [1.165, 1.54) is 0 Å². The van der Waals surface area contributed by atoms with Crippen molar-refractivity contribution in [2.45, 2.75) is 38.1 Å². The topological polar surface area (TPSA) is 60.8 Å². The number of aromatic hydroxyl groups is 1. The van der Waals surface area contributed by atoms with Crippen LogP contribution < -0.4 is 0 Å². The molecule has 4 nitrogen and oxygen atoms in total. The average Bonchev–Trinajstić information content (AvgIpc) is 2.42. The summed E-state index contributed by atoms with van der Waals surface area (Å²) in [5, 5.41) is 18.3. The van der Waals surface area contributed by atoms with E-state index in [1.54, 1.807) is 24.3 Å². The third-order valence-corrected chi connectivity index (χ3v) is 3.70. The van der Waals surface area contributed by atoms with Gasteiger partial charge >= 0.3 is 0 Å². The molecule has 1 atom stereocenters. The summed E-state index contributed by atoms with van der Waals surface area (Å²) in [5.74, 6) is 0.330. The molecule has 1 aliphatic heterocycles. The van der Waals surface area contributed by atoms with Gasteiger partial charge in [0.1, 0.15) is 5.75 Å². The van der Waals surface area contributed by atoms with Crippen LogP contribution in [0.3, 0.4) is 0 Å². The molecule has 0 radical (unpaired) electrons. The molecule has 104 valence electrons. The van der Waals surface area contributed by atoms with Crippen LogP contribution in [0, 0.1) is 0 Å². The second-order valence-corrected chi connectivity index (χ2v) is 5.09. The molecule has 2 N–H and O–H groups in total. The number of rotatable bonds is 4. The molecule has 1 aromatic carbocycles. The second-order valence-electron chi connectivity index (χ2n) is 5.09. The number of carbonyl (C=O) groups excluding carboxylic acids is 1. The van der Waals surface area contributed by atoms with E-state index in [0.29, 0.717) is 12.8 Å². The number of piperidine rings is 1. The zero-order valence-electron chi connectivity index (χ0n) is 11.1. The van der Waals surface area contributed by atoms with Gasteiger partial charge in [0.2, 0.25) is 5.91 Å². The zero-order valence-corrected chi connectivity index (χ0v) is 11.1. The Labute approximate surface area is 113 Å². The maximum Gasteiger partial charge on any atom is 0.227 e. The van der Waals surface area contributed by atoms with Gasteiger partial charge in [0, 0.05) is 19.2 Å². The van der Waals surface area contributed by atoms with Gasteiger partial charge in [-0.1, -0.05) is 12.1 Å². The van der Waals surface area contributed by atoms with Crippen molar-refractivity contribution < 1.29 is 15.0 Å². The molecule has 0 spiro atoms. The smallest absolute Gasteiger partial charge is 0.227 e. The minimum absolute atomic E-state index is 0.115. The summed E-state index contributed by atoms with van der Waals surface area (Å²) in [5.41, 5.74) is 0.913. The van der Waals surface area contributed by atoms with Crippen LogP contribution in [0.15, 0.2) is 24.3 Å². The van der Waals surface area contributed by atoms with Gasteiger partial charge in [0.15, 0.2) is 0 Å². The molecule has 0 aromatic heterocycles. The highest BCUT2D eigenvalue weighted by Gasteiger charge is 2.25. The highest BCUT2D eigenvalue weighted by Crippen LogP contribution is 2.21. The number of hydrogen-bond acceptors (Lipinski definition) is 3. The van der Waals surface area contributed by atoms with Crippen molar-refractivity contribution in [1.29, 1.82) is 0 Å². The first-order chi connectivity index (χ1) is 9.20. The molecular weight excluding hydrogens is 242 g/mol. The molecule has 2 rings (SSSR count). The monoisotopic (exact) mass is 263 g/mol. The van der Waals surface area contributed by atoms with E-state index in [4.69, 9.17) is 5.11 Å². The quantitative estimate of drug-likeness (QED) is 0.869. The third kappa shape index (κ3) is 3.70. The van der Waals surface area contributed by atoms with Crippen molar-refractivity contribution in [2.75, 3.05) is 13.2 Å². The molecule has 1 saturated heterocycles. The molecular formula is C15H21NO3. The standard InChI is InChI=1S/C15H21NO3/c17-10-8-13-3-1-2-9-16(13)15(19)11-12-4-6-14(18)7-5-12/h4-7,13,17-18H,1-3,8-11H2. The van der Waals surface area contributed by atoms with Crippen LogP contribution in [0.4, 0.5) is 0 Å². The Kier molecular flexibility index (Phi) is 4.80. The molecule has 1 aliphatic rings. The highest BCUT2D eigenvalue weighted by atomic mass is 16.3. The largest absolute Gasteiger partial charge is 0.508 e. The summed E-state index contributed by atoms with van der Waals surface area (Å²) >= 11 is 0. The lowest BCUT2D eigenvalue weighted by Crippen LogP contribution is -2.44. The first kappa shape index (κ1) is 13.9. The van der Waals surface area contributed by atoms with E-state index >= 15 is 0 Å². The SMILES string of the molecule is O=C(Cc1ccc(O)cc1)N1CCCCC1CCO. The maximum absolute atomic E-state index is 12.3. The van der Waals surface area contributed by atoms with Crippen LogP contribution in [0.1, 0.15) is 31.2 Å². The number of phenolic OH excluding ortho intramolecular Hbond substituents is 1. The van der Waals surface area contributed by atoms with Crippen LogP contribution in [0.25, 0.3) is 0 Å². The minimum atomic E-state index is 0.115. The summed E-state index contributed by atoms with van der Waals surface area (Å²) in [4.78, 5) is 14.2. The lowest BCUT2D eigenvalue weighted by Gasteiger charge is -2.35. The van der Waals surface area contributed by atoms with Gasteiger partial charge in [-0.05, 0) is 43.4 Å². The van der Waals surface area contributed by atoms with E-state index in [1.807, 2.05) is 4.90 Å². The molecule has 1 unspecified atom stereocenters. The predicted molar refractivity (Wildman–Crippen MR) is 72.9 cm³/mol. The van der Waals surface area contributed by atoms with Gasteiger partial charge in [0.05, 0.1) is 6.42 Å².